The first-order valence-corrected chi connectivity index (χ1v) is 13.8. The minimum absolute atomic E-state index is 0.0132. The first-order valence-electron chi connectivity index (χ1n) is 13.8. The van der Waals surface area contributed by atoms with Gasteiger partial charge in [0.2, 0.25) is 5.91 Å². The van der Waals surface area contributed by atoms with Crippen molar-refractivity contribution in [3.8, 4) is 0 Å². The predicted octanol–water partition coefficient (Wildman–Crippen LogP) is 3.46. The Morgan fingerprint density at radius 1 is 1.11 bits per heavy atom. The molecule has 0 spiro atoms. The van der Waals surface area contributed by atoms with Gasteiger partial charge in [0.15, 0.2) is 0 Å². The van der Waals surface area contributed by atoms with E-state index in [1.165, 1.54) is 23.1 Å². The normalized spacial score (nSPS) is 27.4. The molecule has 2 aliphatic carbocycles. The van der Waals surface area contributed by atoms with Crippen molar-refractivity contribution in [2.75, 3.05) is 13.2 Å². The zero-order chi connectivity index (χ0) is 24.8. The molecule has 2 aliphatic heterocycles. The topological polar surface area (TPSA) is 74.6 Å². The number of aliphatic hydroxyl groups is 1. The molecule has 1 aromatic heterocycles. The SMILES string of the molecule is CCCN1[C@H](C(=O)NC2Cc3ccccc3C2)[C@@H](CO)[C@@H]2Cn3c(ccc(C4=CCCCC4)c3=O)[C@@H]21. The van der Waals surface area contributed by atoms with Gasteiger partial charge in [-0.15, -0.1) is 0 Å². The van der Waals surface area contributed by atoms with E-state index in [0.717, 1.165) is 56.3 Å². The molecule has 0 unspecified atom stereocenters. The standard InChI is InChI=1S/C30H37N3O3/c1-2-14-32-27-24(17-33-26(27)13-12-23(30(33)36)19-8-4-3-5-9-19)25(18-34)28(32)29(35)31-22-15-20-10-6-7-11-21(20)16-22/h6-8,10-13,22,24-25,27-28,34H,2-5,9,14-18H2,1H3,(H,31,35)/t24-,25-,27+,28-/m0/s1. The van der Waals surface area contributed by atoms with Crippen molar-refractivity contribution in [2.45, 2.75) is 76.5 Å². The van der Waals surface area contributed by atoms with Crippen LogP contribution in [0.3, 0.4) is 0 Å². The lowest BCUT2D eigenvalue weighted by Crippen LogP contribution is -2.51. The van der Waals surface area contributed by atoms with Gasteiger partial charge in [0.25, 0.3) is 5.56 Å². The fourth-order valence-corrected chi connectivity index (χ4v) is 7.40. The molecule has 4 aliphatic rings. The molecule has 2 aromatic rings. The van der Waals surface area contributed by atoms with Crippen molar-refractivity contribution in [1.82, 2.24) is 14.8 Å². The minimum atomic E-state index is -0.377. The minimum Gasteiger partial charge on any atom is -0.396 e. The molecule has 190 valence electrons. The fraction of sp³-hybridized carbons (Fsp3) is 0.533. The highest BCUT2D eigenvalue weighted by molar-refractivity contribution is 5.83. The zero-order valence-corrected chi connectivity index (χ0v) is 21.2. The van der Waals surface area contributed by atoms with Gasteiger partial charge in [0.05, 0.1) is 12.1 Å². The number of hydrogen-bond donors (Lipinski definition) is 2. The number of carbonyl (C=O) groups is 1. The van der Waals surface area contributed by atoms with E-state index in [9.17, 15) is 14.7 Å². The lowest BCUT2D eigenvalue weighted by molar-refractivity contribution is -0.128. The van der Waals surface area contributed by atoms with Crippen LogP contribution in [0.1, 0.15) is 67.5 Å². The number of benzene rings is 1. The number of nitrogens with zero attached hydrogens (tertiary/aromatic N) is 2. The highest BCUT2D eigenvalue weighted by atomic mass is 16.3. The predicted molar refractivity (Wildman–Crippen MR) is 141 cm³/mol. The Labute approximate surface area is 213 Å². The Morgan fingerprint density at radius 2 is 1.89 bits per heavy atom. The summed E-state index contributed by atoms with van der Waals surface area (Å²) in [5, 5.41) is 13.9. The number of allylic oxidation sites excluding steroid dienone is 2. The van der Waals surface area contributed by atoms with Crippen LogP contribution in [-0.2, 0) is 24.2 Å². The smallest absolute Gasteiger partial charge is 0.258 e. The Morgan fingerprint density at radius 3 is 2.56 bits per heavy atom. The molecular weight excluding hydrogens is 450 g/mol. The Balaban J connectivity index is 1.28. The Bertz CT molecular complexity index is 1220. The number of carbonyl (C=O) groups excluding carboxylic acids is 1. The number of likely N-dealkylation sites (tertiary alicyclic amines) is 1. The highest BCUT2D eigenvalue weighted by Gasteiger charge is 2.55. The van der Waals surface area contributed by atoms with Gasteiger partial charge >= 0.3 is 0 Å². The van der Waals surface area contributed by atoms with Gasteiger partial charge in [-0.25, -0.2) is 0 Å². The van der Waals surface area contributed by atoms with E-state index in [4.69, 9.17) is 0 Å². The molecule has 1 amide bonds. The molecule has 2 N–H and O–H groups in total. The van der Waals surface area contributed by atoms with Gasteiger partial charge in [-0.3, -0.25) is 14.5 Å². The summed E-state index contributed by atoms with van der Waals surface area (Å²) in [4.78, 5) is 29.6. The third-order valence-electron chi connectivity index (χ3n) is 8.98. The number of aromatic nitrogens is 1. The van der Waals surface area contributed by atoms with E-state index in [2.05, 4.69) is 53.5 Å². The van der Waals surface area contributed by atoms with Crippen molar-refractivity contribution in [1.29, 1.82) is 0 Å². The molecular formula is C30H37N3O3. The molecule has 1 fully saturated rings. The Kier molecular flexibility index (Phi) is 6.34. The molecule has 1 saturated heterocycles. The second-order valence-corrected chi connectivity index (χ2v) is 11.1. The van der Waals surface area contributed by atoms with Crippen molar-refractivity contribution >= 4 is 11.5 Å². The van der Waals surface area contributed by atoms with Crippen LogP contribution in [0, 0.1) is 11.8 Å². The van der Waals surface area contributed by atoms with E-state index in [-0.39, 0.29) is 48.0 Å². The summed E-state index contributed by atoms with van der Waals surface area (Å²) in [6, 6.07) is 12.2. The van der Waals surface area contributed by atoms with Crippen LogP contribution >= 0.6 is 0 Å². The van der Waals surface area contributed by atoms with Crippen LogP contribution in [0.15, 0.2) is 47.3 Å². The van der Waals surface area contributed by atoms with E-state index < -0.39 is 0 Å². The second kappa shape index (κ2) is 9.64. The number of amides is 1. The van der Waals surface area contributed by atoms with Crippen LogP contribution in [0.2, 0.25) is 0 Å². The lowest BCUT2D eigenvalue weighted by Gasteiger charge is -2.31. The van der Waals surface area contributed by atoms with Gasteiger partial charge in [0.1, 0.15) is 0 Å². The first kappa shape index (κ1) is 23.7. The number of hydrogen-bond acceptors (Lipinski definition) is 4. The largest absolute Gasteiger partial charge is 0.396 e. The van der Waals surface area contributed by atoms with E-state index in [1.807, 2.05) is 10.6 Å². The van der Waals surface area contributed by atoms with Gasteiger partial charge in [-0.2, -0.15) is 0 Å². The van der Waals surface area contributed by atoms with Gasteiger partial charge in [0, 0.05) is 42.3 Å². The molecule has 6 nitrogen and oxygen atoms in total. The first-order chi connectivity index (χ1) is 17.6. The van der Waals surface area contributed by atoms with Crippen LogP contribution in [0.25, 0.3) is 5.57 Å². The van der Waals surface area contributed by atoms with Crippen molar-refractivity contribution < 1.29 is 9.90 Å². The summed E-state index contributed by atoms with van der Waals surface area (Å²) in [6.07, 6.45) is 9.20. The lowest BCUT2D eigenvalue weighted by atomic mass is 9.88. The molecule has 4 atom stereocenters. The monoisotopic (exact) mass is 487 g/mol. The third kappa shape index (κ3) is 3.86. The average molecular weight is 488 g/mol. The zero-order valence-electron chi connectivity index (χ0n) is 21.2. The summed E-state index contributed by atoms with van der Waals surface area (Å²) >= 11 is 0. The molecule has 6 heteroatoms. The molecule has 0 bridgehead atoms. The molecule has 0 radical (unpaired) electrons. The maximum absolute atomic E-state index is 13.7. The fourth-order valence-electron chi connectivity index (χ4n) is 7.40. The van der Waals surface area contributed by atoms with Crippen molar-refractivity contribution in [3.63, 3.8) is 0 Å². The van der Waals surface area contributed by atoms with E-state index >= 15 is 0 Å². The van der Waals surface area contributed by atoms with Gasteiger partial charge in [-0.05, 0) is 80.3 Å². The van der Waals surface area contributed by atoms with Crippen LogP contribution in [0.5, 0.6) is 0 Å². The molecule has 36 heavy (non-hydrogen) atoms. The maximum Gasteiger partial charge on any atom is 0.258 e. The van der Waals surface area contributed by atoms with E-state index in [0.29, 0.717) is 6.54 Å². The Hall–Kier alpha value is -2.70. The number of nitrogens with one attached hydrogen (secondary N) is 1. The molecule has 6 rings (SSSR count). The maximum atomic E-state index is 13.7. The van der Waals surface area contributed by atoms with Crippen LogP contribution < -0.4 is 10.9 Å². The number of rotatable bonds is 6. The van der Waals surface area contributed by atoms with Crippen LogP contribution in [-0.4, -0.2) is 45.7 Å². The van der Waals surface area contributed by atoms with Crippen LogP contribution in [0.4, 0.5) is 0 Å². The average Bonchev–Trinajstić information content (AvgIpc) is 3.56. The molecule has 0 saturated carbocycles. The van der Waals surface area contributed by atoms with E-state index in [1.54, 1.807) is 0 Å². The number of fused-ring (bicyclic) bond motifs is 4. The summed E-state index contributed by atoms with van der Waals surface area (Å²) in [7, 11) is 0. The number of pyridine rings is 1. The van der Waals surface area contributed by atoms with Crippen molar-refractivity contribution in [2.24, 2.45) is 11.8 Å². The summed E-state index contributed by atoms with van der Waals surface area (Å²) in [5.74, 6) is -0.115. The van der Waals surface area contributed by atoms with Gasteiger partial charge in [-0.1, -0.05) is 37.3 Å². The molecule has 1 aromatic carbocycles. The van der Waals surface area contributed by atoms with Gasteiger partial charge < -0.3 is 15.0 Å². The second-order valence-electron chi connectivity index (χ2n) is 11.1. The quantitative estimate of drug-likeness (QED) is 0.655. The number of aliphatic hydroxyl groups excluding tert-OH is 1. The summed E-state index contributed by atoms with van der Waals surface area (Å²) < 4.78 is 1.94. The highest BCUT2D eigenvalue weighted by Crippen LogP contribution is 2.49. The summed E-state index contributed by atoms with van der Waals surface area (Å²) in [6.45, 7) is 3.42. The third-order valence-corrected chi connectivity index (χ3v) is 8.98. The summed E-state index contributed by atoms with van der Waals surface area (Å²) in [5.41, 5.74) is 5.72. The molecule has 3 heterocycles. The van der Waals surface area contributed by atoms with Crippen molar-refractivity contribution in [3.05, 3.63) is 75.2 Å².